The van der Waals surface area contributed by atoms with Crippen LogP contribution in [0.2, 0.25) is 0 Å². The van der Waals surface area contributed by atoms with Gasteiger partial charge in [-0.3, -0.25) is 14.6 Å². The van der Waals surface area contributed by atoms with Gasteiger partial charge in [0.25, 0.3) is 5.91 Å². The largest absolute Gasteiger partial charge is 0.463 e. The number of piperazine rings is 1. The van der Waals surface area contributed by atoms with E-state index in [1.165, 1.54) is 11.3 Å². The molecule has 3 heterocycles. The number of urea groups is 1. The molecular weight excluding hydrogens is 464 g/mol. The lowest BCUT2D eigenvalue weighted by Crippen LogP contribution is -2.56. The van der Waals surface area contributed by atoms with Gasteiger partial charge >= 0.3 is 12.0 Å². The highest BCUT2D eigenvalue weighted by atomic mass is 32.1. The first-order valence-corrected chi connectivity index (χ1v) is 12.9. The number of nitrogens with one attached hydrogen (secondary N) is 1. The Hall–Kier alpha value is -3.17. The molecule has 186 valence electrons. The minimum absolute atomic E-state index is 0.00223. The second-order valence-electron chi connectivity index (χ2n) is 8.68. The van der Waals surface area contributed by atoms with Gasteiger partial charge in [-0.15, -0.1) is 11.3 Å². The molecule has 9 heteroatoms. The summed E-state index contributed by atoms with van der Waals surface area (Å²) in [5.74, 6) is -0.371. The summed E-state index contributed by atoms with van der Waals surface area (Å²) in [6, 6.07) is 12.4. The molecule has 3 amide bonds. The molecule has 2 aliphatic rings. The summed E-state index contributed by atoms with van der Waals surface area (Å²) < 4.78 is 5.45. The zero-order valence-electron chi connectivity index (χ0n) is 20.4. The average molecular weight is 497 g/mol. The fraction of sp³-hybridized carbons (Fsp3) is 0.423. The molecule has 4 rings (SSSR count). The molecule has 0 bridgehead atoms. The van der Waals surface area contributed by atoms with Gasteiger partial charge in [-0.2, -0.15) is 0 Å². The van der Waals surface area contributed by atoms with Crippen molar-refractivity contribution in [1.82, 2.24) is 20.0 Å². The van der Waals surface area contributed by atoms with E-state index < -0.39 is 12.0 Å². The minimum Gasteiger partial charge on any atom is -0.463 e. The second kappa shape index (κ2) is 11.0. The van der Waals surface area contributed by atoms with E-state index in [0.29, 0.717) is 44.0 Å². The zero-order chi connectivity index (χ0) is 24.9. The molecule has 2 unspecified atom stereocenters. The normalized spacial score (nSPS) is 21.2. The Morgan fingerprint density at radius 3 is 2.51 bits per heavy atom. The van der Waals surface area contributed by atoms with Gasteiger partial charge in [-0.1, -0.05) is 36.4 Å². The highest BCUT2D eigenvalue weighted by molar-refractivity contribution is 7.12. The van der Waals surface area contributed by atoms with Crippen LogP contribution in [0.5, 0.6) is 0 Å². The molecule has 1 fully saturated rings. The van der Waals surface area contributed by atoms with E-state index in [1.807, 2.05) is 66.6 Å². The smallest absolute Gasteiger partial charge is 0.338 e. The number of amides is 3. The van der Waals surface area contributed by atoms with Gasteiger partial charge in [-0.05, 0) is 37.8 Å². The van der Waals surface area contributed by atoms with Crippen LogP contribution in [0.25, 0.3) is 0 Å². The summed E-state index contributed by atoms with van der Waals surface area (Å²) in [6.45, 7) is 8.68. The van der Waals surface area contributed by atoms with Gasteiger partial charge in [-0.25, -0.2) is 9.59 Å². The van der Waals surface area contributed by atoms with Crippen molar-refractivity contribution < 1.29 is 19.1 Å². The predicted octanol–water partition coefficient (Wildman–Crippen LogP) is 3.50. The molecule has 0 aliphatic carbocycles. The molecule has 0 radical (unpaired) electrons. The lowest BCUT2D eigenvalue weighted by atomic mass is 9.94. The molecule has 1 saturated heterocycles. The maximum Gasteiger partial charge on any atom is 0.338 e. The molecule has 0 saturated carbocycles. The summed E-state index contributed by atoms with van der Waals surface area (Å²) in [4.78, 5) is 45.7. The van der Waals surface area contributed by atoms with Gasteiger partial charge < -0.3 is 15.0 Å². The van der Waals surface area contributed by atoms with Crippen LogP contribution in [0.4, 0.5) is 4.79 Å². The SMILES string of the molecule is CCOC(=O)C1=C(CN2CCN(C(=O)c3cccs3)C(C)C2)N(CC)C(=O)NC1c1ccccc1. The van der Waals surface area contributed by atoms with E-state index >= 15 is 0 Å². The number of hydrogen-bond donors (Lipinski definition) is 1. The number of thiophene rings is 1. The van der Waals surface area contributed by atoms with E-state index in [2.05, 4.69) is 10.2 Å². The summed E-state index contributed by atoms with van der Waals surface area (Å²) in [6.07, 6.45) is 0. The Kier molecular flexibility index (Phi) is 7.87. The third-order valence-corrected chi connectivity index (χ3v) is 7.32. The lowest BCUT2D eigenvalue weighted by Gasteiger charge is -2.42. The summed E-state index contributed by atoms with van der Waals surface area (Å²) in [7, 11) is 0. The quantitative estimate of drug-likeness (QED) is 0.594. The number of ether oxygens (including phenoxy) is 1. The molecule has 35 heavy (non-hydrogen) atoms. The van der Waals surface area contributed by atoms with E-state index in [1.54, 1.807) is 11.8 Å². The van der Waals surface area contributed by atoms with E-state index in [9.17, 15) is 14.4 Å². The second-order valence-corrected chi connectivity index (χ2v) is 9.63. The molecule has 1 aromatic heterocycles. The Balaban J connectivity index is 1.63. The Bertz CT molecular complexity index is 1090. The van der Waals surface area contributed by atoms with Gasteiger partial charge in [0, 0.05) is 44.5 Å². The summed E-state index contributed by atoms with van der Waals surface area (Å²) in [5, 5.41) is 4.91. The third kappa shape index (κ3) is 5.26. The van der Waals surface area contributed by atoms with Gasteiger partial charge in [0.15, 0.2) is 0 Å². The molecular formula is C26H32N4O4S. The zero-order valence-corrected chi connectivity index (χ0v) is 21.2. The maximum absolute atomic E-state index is 13.2. The van der Waals surface area contributed by atoms with Crippen LogP contribution in [0.1, 0.15) is 42.0 Å². The van der Waals surface area contributed by atoms with E-state index in [-0.39, 0.29) is 24.6 Å². The number of carbonyl (C=O) groups excluding carboxylic acids is 3. The number of rotatable bonds is 7. The number of hydrogen-bond acceptors (Lipinski definition) is 6. The molecule has 8 nitrogen and oxygen atoms in total. The van der Waals surface area contributed by atoms with Crippen molar-refractivity contribution in [2.24, 2.45) is 0 Å². The van der Waals surface area contributed by atoms with E-state index in [0.717, 1.165) is 10.4 Å². The van der Waals surface area contributed by atoms with Crippen LogP contribution in [0.15, 0.2) is 59.1 Å². The summed E-state index contributed by atoms with van der Waals surface area (Å²) in [5.41, 5.74) is 1.95. The van der Waals surface area contributed by atoms with Crippen molar-refractivity contribution in [3.05, 3.63) is 69.6 Å². The van der Waals surface area contributed by atoms with Crippen molar-refractivity contribution in [1.29, 1.82) is 0 Å². The van der Waals surface area contributed by atoms with Crippen molar-refractivity contribution in [2.75, 3.05) is 39.3 Å². The molecule has 0 spiro atoms. The predicted molar refractivity (Wildman–Crippen MR) is 135 cm³/mol. The molecule has 1 N–H and O–H groups in total. The number of carbonyl (C=O) groups is 3. The fourth-order valence-electron chi connectivity index (χ4n) is 4.79. The van der Waals surface area contributed by atoms with Crippen LogP contribution in [0, 0.1) is 0 Å². The van der Waals surface area contributed by atoms with Crippen LogP contribution in [-0.2, 0) is 9.53 Å². The first kappa shape index (κ1) is 24.9. The molecule has 2 atom stereocenters. The van der Waals surface area contributed by atoms with Crippen LogP contribution >= 0.6 is 11.3 Å². The number of nitrogens with zero attached hydrogens (tertiary/aromatic N) is 3. The lowest BCUT2D eigenvalue weighted by molar-refractivity contribution is -0.139. The van der Waals surface area contributed by atoms with Crippen LogP contribution in [0.3, 0.4) is 0 Å². The monoisotopic (exact) mass is 496 g/mol. The van der Waals surface area contributed by atoms with Gasteiger partial charge in [0.1, 0.15) is 0 Å². The van der Waals surface area contributed by atoms with Crippen molar-refractivity contribution in [3.63, 3.8) is 0 Å². The average Bonchev–Trinajstić information content (AvgIpc) is 3.39. The Labute approximate surface area is 210 Å². The summed E-state index contributed by atoms with van der Waals surface area (Å²) >= 11 is 1.45. The first-order chi connectivity index (χ1) is 16.9. The molecule has 2 aromatic rings. The number of likely N-dealkylation sites (N-methyl/N-ethyl adjacent to an activating group) is 1. The Morgan fingerprint density at radius 2 is 1.89 bits per heavy atom. The number of esters is 1. The highest BCUT2D eigenvalue weighted by Crippen LogP contribution is 2.32. The fourth-order valence-corrected chi connectivity index (χ4v) is 5.46. The van der Waals surface area contributed by atoms with Crippen molar-refractivity contribution >= 4 is 29.2 Å². The maximum atomic E-state index is 13.2. The van der Waals surface area contributed by atoms with Gasteiger partial charge in [0.2, 0.25) is 0 Å². The topological polar surface area (TPSA) is 82.2 Å². The van der Waals surface area contributed by atoms with Crippen LogP contribution < -0.4 is 5.32 Å². The standard InChI is InChI=1S/C26H32N4O4S/c1-4-29-20(17-28-13-14-30(18(3)16-28)24(31)21-12-9-15-35-21)22(25(32)34-5-2)23(27-26(29)33)19-10-7-6-8-11-19/h6-12,15,18,23H,4-5,13-14,16-17H2,1-3H3,(H,27,33). The van der Waals surface area contributed by atoms with E-state index in [4.69, 9.17) is 4.74 Å². The third-order valence-electron chi connectivity index (χ3n) is 6.46. The molecule has 1 aromatic carbocycles. The van der Waals surface area contributed by atoms with Gasteiger partial charge in [0.05, 0.1) is 23.1 Å². The van der Waals surface area contributed by atoms with Crippen LogP contribution in [-0.4, -0.2) is 78.0 Å². The van der Waals surface area contributed by atoms with Crippen molar-refractivity contribution in [3.8, 4) is 0 Å². The highest BCUT2D eigenvalue weighted by Gasteiger charge is 2.39. The van der Waals surface area contributed by atoms with Crippen molar-refractivity contribution in [2.45, 2.75) is 32.9 Å². The minimum atomic E-state index is -0.584. The molecule has 2 aliphatic heterocycles. The number of benzene rings is 1. The first-order valence-electron chi connectivity index (χ1n) is 12.0. The Morgan fingerprint density at radius 1 is 1.11 bits per heavy atom.